The highest BCUT2D eigenvalue weighted by atomic mass is 16.2. The molecule has 1 aliphatic rings. The van der Waals surface area contributed by atoms with Gasteiger partial charge in [0, 0.05) is 44.5 Å². The molecule has 1 atom stereocenters. The van der Waals surface area contributed by atoms with Crippen molar-refractivity contribution in [2.45, 2.75) is 12.5 Å². The lowest BCUT2D eigenvalue weighted by molar-refractivity contribution is -0.134. The first-order valence-corrected chi connectivity index (χ1v) is 8.13. The van der Waals surface area contributed by atoms with Crippen LogP contribution in [0.5, 0.6) is 0 Å². The minimum atomic E-state index is -0.0413. The zero-order valence-electron chi connectivity index (χ0n) is 13.6. The monoisotopic (exact) mass is 324 g/mol. The summed E-state index contributed by atoms with van der Waals surface area (Å²) in [6, 6.07) is 7.81. The van der Waals surface area contributed by atoms with Crippen LogP contribution in [0.15, 0.2) is 36.7 Å². The first kappa shape index (κ1) is 14.9. The van der Waals surface area contributed by atoms with Crippen molar-refractivity contribution in [3.05, 3.63) is 48.2 Å². The molecule has 1 fully saturated rings. The SMILES string of the molecule is Cn1ccnc1C1CNCCN1C(=O)Cc1[nH]nc2ccccc12. The van der Waals surface area contributed by atoms with Crippen LogP contribution in [-0.4, -0.2) is 50.2 Å². The number of nitrogens with zero attached hydrogens (tertiary/aromatic N) is 4. The van der Waals surface area contributed by atoms with Gasteiger partial charge in [-0.3, -0.25) is 9.89 Å². The quantitative estimate of drug-likeness (QED) is 0.754. The summed E-state index contributed by atoms with van der Waals surface area (Å²) in [7, 11) is 1.96. The molecule has 0 aliphatic carbocycles. The second-order valence-corrected chi connectivity index (χ2v) is 6.10. The van der Waals surface area contributed by atoms with Gasteiger partial charge in [0.25, 0.3) is 0 Å². The van der Waals surface area contributed by atoms with E-state index in [1.165, 1.54) is 0 Å². The lowest BCUT2D eigenvalue weighted by atomic mass is 10.1. The van der Waals surface area contributed by atoms with Crippen LogP contribution >= 0.6 is 0 Å². The van der Waals surface area contributed by atoms with Crippen LogP contribution in [0.25, 0.3) is 10.9 Å². The molecule has 24 heavy (non-hydrogen) atoms. The van der Waals surface area contributed by atoms with E-state index in [9.17, 15) is 4.79 Å². The van der Waals surface area contributed by atoms with Crippen LogP contribution in [0.3, 0.4) is 0 Å². The van der Waals surface area contributed by atoms with Crippen molar-refractivity contribution >= 4 is 16.8 Å². The molecule has 3 aromatic rings. The number of aryl methyl sites for hydroxylation is 1. The minimum Gasteiger partial charge on any atom is -0.336 e. The smallest absolute Gasteiger partial charge is 0.229 e. The van der Waals surface area contributed by atoms with Gasteiger partial charge in [0.1, 0.15) is 11.9 Å². The molecule has 1 aromatic carbocycles. The van der Waals surface area contributed by atoms with Gasteiger partial charge in [0.15, 0.2) is 0 Å². The number of nitrogens with one attached hydrogen (secondary N) is 2. The van der Waals surface area contributed by atoms with E-state index in [0.717, 1.165) is 35.5 Å². The van der Waals surface area contributed by atoms with Gasteiger partial charge < -0.3 is 14.8 Å². The van der Waals surface area contributed by atoms with Gasteiger partial charge >= 0.3 is 0 Å². The standard InChI is InChI=1S/C17H20N6O/c1-22-8-7-19-17(22)15-11-18-6-9-23(15)16(24)10-14-12-4-2-3-5-13(12)20-21-14/h2-5,7-8,15,18H,6,9-11H2,1H3,(H,20,21). The van der Waals surface area contributed by atoms with Gasteiger partial charge in [-0.2, -0.15) is 5.10 Å². The fraction of sp³-hybridized carbons (Fsp3) is 0.353. The molecule has 124 valence electrons. The minimum absolute atomic E-state index is 0.0413. The Hall–Kier alpha value is -2.67. The topological polar surface area (TPSA) is 78.8 Å². The maximum atomic E-state index is 12.9. The Morgan fingerprint density at radius 1 is 1.38 bits per heavy atom. The predicted octanol–water partition coefficient (Wildman–Crippen LogP) is 1.01. The molecular weight excluding hydrogens is 304 g/mol. The van der Waals surface area contributed by atoms with Crippen molar-refractivity contribution in [1.29, 1.82) is 0 Å². The number of carbonyl (C=O) groups is 1. The molecule has 3 heterocycles. The van der Waals surface area contributed by atoms with Crippen LogP contribution in [0.4, 0.5) is 0 Å². The Morgan fingerprint density at radius 2 is 2.25 bits per heavy atom. The lowest BCUT2D eigenvalue weighted by Crippen LogP contribution is -2.49. The normalized spacial score (nSPS) is 18.2. The zero-order valence-corrected chi connectivity index (χ0v) is 13.6. The summed E-state index contributed by atoms with van der Waals surface area (Å²) in [6.07, 6.45) is 4.01. The summed E-state index contributed by atoms with van der Waals surface area (Å²) in [5.74, 6) is 1.00. The summed E-state index contributed by atoms with van der Waals surface area (Å²) in [5, 5.41) is 11.7. The number of fused-ring (bicyclic) bond motifs is 1. The van der Waals surface area contributed by atoms with Gasteiger partial charge in [-0.25, -0.2) is 4.98 Å². The summed E-state index contributed by atoms with van der Waals surface area (Å²) >= 11 is 0. The van der Waals surface area contributed by atoms with Gasteiger partial charge in [0.2, 0.25) is 5.91 Å². The Morgan fingerprint density at radius 3 is 3.08 bits per heavy atom. The number of hydrogen-bond acceptors (Lipinski definition) is 4. The van der Waals surface area contributed by atoms with E-state index in [1.807, 2.05) is 47.0 Å². The molecule has 1 saturated heterocycles. The molecule has 1 aliphatic heterocycles. The highest BCUT2D eigenvalue weighted by Crippen LogP contribution is 2.23. The molecule has 7 nitrogen and oxygen atoms in total. The van der Waals surface area contributed by atoms with Crippen molar-refractivity contribution in [3.8, 4) is 0 Å². The molecule has 0 saturated carbocycles. The molecule has 7 heteroatoms. The number of aromatic amines is 1. The molecule has 2 aromatic heterocycles. The van der Waals surface area contributed by atoms with Crippen LogP contribution in [-0.2, 0) is 18.3 Å². The highest BCUT2D eigenvalue weighted by molar-refractivity contribution is 5.87. The highest BCUT2D eigenvalue weighted by Gasteiger charge is 2.30. The molecule has 0 radical (unpaired) electrons. The van der Waals surface area contributed by atoms with E-state index < -0.39 is 0 Å². The van der Waals surface area contributed by atoms with Gasteiger partial charge in [-0.05, 0) is 6.07 Å². The Bertz CT molecular complexity index is 867. The van der Waals surface area contributed by atoms with Crippen LogP contribution in [0.1, 0.15) is 17.6 Å². The van der Waals surface area contributed by atoms with Gasteiger partial charge in [-0.15, -0.1) is 0 Å². The number of carbonyl (C=O) groups excluding carboxylic acids is 1. The molecular formula is C17H20N6O. The summed E-state index contributed by atoms with van der Waals surface area (Å²) < 4.78 is 1.98. The van der Waals surface area contributed by atoms with Crippen molar-refractivity contribution < 1.29 is 4.79 Å². The largest absolute Gasteiger partial charge is 0.336 e. The van der Waals surface area contributed by atoms with Crippen LogP contribution in [0.2, 0.25) is 0 Å². The fourth-order valence-electron chi connectivity index (χ4n) is 3.33. The number of aromatic nitrogens is 4. The zero-order chi connectivity index (χ0) is 16.5. The maximum absolute atomic E-state index is 12.9. The lowest BCUT2D eigenvalue weighted by Gasteiger charge is -2.35. The number of imidazole rings is 1. The van der Waals surface area contributed by atoms with Crippen molar-refractivity contribution in [2.24, 2.45) is 7.05 Å². The second-order valence-electron chi connectivity index (χ2n) is 6.10. The Balaban J connectivity index is 1.59. The number of para-hydroxylation sites is 1. The van der Waals surface area contributed by atoms with Crippen molar-refractivity contribution in [3.63, 3.8) is 0 Å². The third-order valence-corrected chi connectivity index (χ3v) is 4.59. The molecule has 2 N–H and O–H groups in total. The third kappa shape index (κ3) is 2.56. The van der Waals surface area contributed by atoms with Crippen molar-refractivity contribution in [1.82, 2.24) is 30.0 Å². The number of benzene rings is 1. The average Bonchev–Trinajstić information content (AvgIpc) is 3.21. The second kappa shape index (κ2) is 6.09. The van der Waals surface area contributed by atoms with E-state index in [4.69, 9.17) is 0 Å². The predicted molar refractivity (Wildman–Crippen MR) is 90.3 cm³/mol. The molecule has 4 rings (SSSR count). The third-order valence-electron chi connectivity index (χ3n) is 4.59. The van der Waals surface area contributed by atoms with Crippen molar-refractivity contribution in [2.75, 3.05) is 19.6 Å². The summed E-state index contributed by atoms with van der Waals surface area (Å²) in [5.41, 5.74) is 1.76. The summed E-state index contributed by atoms with van der Waals surface area (Å²) in [6.45, 7) is 2.21. The Kier molecular flexibility index (Phi) is 3.78. The van der Waals surface area contributed by atoms with E-state index >= 15 is 0 Å². The number of rotatable bonds is 3. The average molecular weight is 324 g/mol. The maximum Gasteiger partial charge on any atom is 0.229 e. The van der Waals surface area contributed by atoms with Crippen LogP contribution < -0.4 is 5.32 Å². The van der Waals surface area contributed by atoms with Crippen LogP contribution in [0, 0.1) is 0 Å². The molecule has 1 unspecified atom stereocenters. The van der Waals surface area contributed by atoms with Gasteiger partial charge in [-0.1, -0.05) is 18.2 Å². The first-order chi connectivity index (χ1) is 11.7. The van der Waals surface area contributed by atoms with E-state index in [1.54, 1.807) is 6.20 Å². The molecule has 0 bridgehead atoms. The van der Waals surface area contributed by atoms with Gasteiger partial charge in [0.05, 0.1) is 17.6 Å². The number of piperazine rings is 1. The van der Waals surface area contributed by atoms with E-state index in [-0.39, 0.29) is 11.9 Å². The molecule has 0 spiro atoms. The van der Waals surface area contributed by atoms with E-state index in [0.29, 0.717) is 13.0 Å². The van der Waals surface area contributed by atoms with E-state index in [2.05, 4.69) is 20.5 Å². The first-order valence-electron chi connectivity index (χ1n) is 8.13. The summed E-state index contributed by atoms with van der Waals surface area (Å²) in [4.78, 5) is 19.3. The number of amides is 1. The fourth-order valence-corrected chi connectivity index (χ4v) is 3.33. The molecule has 1 amide bonds. The number of hydrogen-bond donors (Lipinski definition) is 2. The Labute approximate surface area is 139 Å². The number of H-pyrrole nitrogens is 1.